The average Bonchev–Trinajstić information content (AvgIpc) is 2.90. The van der Waals surface area contributed by atoms with Crippen molar-refractivity contribution in [2.75, 3.05) is 33.3 Å². The zero-order chi connectivity index (χ0) is 20.8. The summed E-state index contributed by atoms with van der Waals surface area (Å²) in [4.78, 5) is 42.9. The van der Waals surface area contributed by atoms with E-state index in [2.05, 4.69) is 15.0 Å². The molecule has 152 valence electrons. The molecule has 0 saturated heterocycles. The second-order valence-electron chi connectivity index (χ2n) is 6.86. The molecule has 8 heteroatoms. The van der Waals surface area contributed by atoms with Crippen molar-refractivity contribution >= 4 is 28.6 Å². The number of allylic oxidation sites excluding steroid dienone is 1. The van der Waals surface area contributed by atoms with Crippen molar-refractivity contribution in [3.63, 3.8) is 0 Å². The summed E-state index contributed by atoms with van der Waals surface area (Å²) in [6.45, 7) is 0.556. The van der Waals surface area contributed by atoms with Crippen LogP contribution in [0.3, 0.4) is 0 Å². The highest BCUT2D eigenvalue weighted by Crippen LogP contribution is 2.18. The van der Waals surface area contributed by atoms with Crippen LogP contribution in [0.25, 0.3) is 10.8 Å². The van der Waals surface area contributed by atoms with Crippen LogP contribution in [0.4, 0.5) is 0 Å². The highest BCUT2D eigenvalue weighted by Gasteiger charge is 2.29. The van der Waals surface area contributed by atoms with Crippen molar-refractivity contribution in [1.29, 1.82) is 0 Å². The molecule has 0 saturated carbocycles. The molecular weight excluding hydrogens is 372 g/mol. The molecule has 0 fully saturated rings. The van der Waals surface area contributed by atoms with Gasteiger partial charge in [-0.25, -0.2) is 0 Å². The van der Waals surface area contributed by atoms with Gasteiger partial charge >= 0.3 is 5.97 Å². The Hall–Kier alpha value is -3.26. The van der Waals surface area contributed by atoms with E-state index in [1.54, 1.807) is 6.20 Å². The average molecular weight is 396 g/mol. The fraction of sp³-hybridized carbons (Fsp3) is 0.333. The second-order valence-corrected chi connectivity index (χ2v) is 6.86. The second kappa shape index (κ2) is 9.29. The molecule has 1 aromatic carbocycles. The number of carbonyl (C=O) groups is 3. The summed E-state index contributed by atoms with van der Waals surface area (Å²) in [6, 6.07) is 9.32. The Labute approximate surface area is 168 Å². The maximum absolute atomic E-state index is 12.9. The van der Waals surface area contributed by atoms with E-state index in [9.17, 15) is 14.4 Å². The van der Waals surface area contributed by atoms with Gasteiger partial charge in [0, 0.05) is 31.2 Å². The van der Waals surface area contributed by atoms with Gasteiger partial charge in [0.2, 0.25) is 5.91 Å². The Kier molecular flexibility index (Phi) is 6.56. The number of fused-ring (bicyclic) bond motifs is 1. The van der Waals surface area contributed by atoms with Gasteiger partial charge in [-0.2, -0.15) is 0 Å². The number of aromatic nitrogens is 1. The molecule has 2 amide bonds. The topological polar surface area (TPSA) is 115 Å². The summed E-state index contributed by atoms with van der Waals surface area (Å²) in [6.07, 6.45) is 3.93. The normalized spacial score (nSPS) is 16.9. The van der Waals surface area contributed by atoms with Crippen molar-refractivity contribution in [3.8, 4) is 0 Å². The summed E-state index contributed by atoms with van der Waals surface area (Å²) in [5.74, 6) is -1.57. The van der Waals surface area contributed by atoms with Gasteiger partial charge in [-0.05, 0) is 23.4 Å². The minimum Gasteiger partial charge on any atom is -0.468 e. The number of nitrogens with one attached hydrogen (secondary N) is 1. The molecule has 2 aromatic rings. The number of nitrogens with zero attached hydrogens (tertiary/aromatic N) is 2. The molecule has 0 bridgehead atoms. The molecule has 0 spiro atoms. The van der Waals surface area contributed by atoms with Crippen molar-refractivity contribution in [1.82, 2.24) is 15.2 Å². The van der Waals surface area contributed by atoms with Crippen molar-refractivity contribution < 1.29 is 19.1 Å². The van der Waals surface area contributed by atoms with Crippen LogP contribution in [0.2, 0.25) is 0 Å². The van der Waals surface area contributed by atoms with Crippen molar-refractivity contribution in [3.05, 3.63) is 53.9 Å². The van der Waals surface area contributed by atoms with Crippen molar-refractivity contribution in [2.45, 2.75) is 6.42 Å². The molecule has 29 heavy (non-hydrogen) atoms. The quantitative estimate of drug-likeness (QED) is 0.553. The van der Waals surface area contributed by atoms with Crippen LogP contribution in [-0.4, -0.2) is 61.0 Å². The Bertz CT molecular complexity index is 951. The Morgan fingerprint density at radius 1 is 1.31 bits per heavy atom. The lowest BCUT2D eigenvalue weighted by Crippen LogP contribution is -2.43. The molecule has 1 unspecified atom stereocenters. The highest BCUT2D eigenvalue weighted by molar-refractivity contribution is 6.05. The van der Waals surface area contributed by atoms with Crippen LogP contribution < -0.4 is 11.1 Å². The predicted octanol–water partition coefficient (Wildman–Crippen LogP) is 0.871. The highest BCUT2D eigenvalue weighted by atomic mass is 16.5. The summed E-state index contributed by atoms with van der Waals surface area (Å²) in [5.41, 5.74) is 6.92. The molecule has 1 aliphatic rings. The third kappa shape index (κ3) is 4.78. The first-order chi connectivity index (χ1) is 14.0. The Morgan fingerprint density at radius 2 is 2.10 bits per heavy atom. The molecule has 0 radical (unpaired) electrons. The van der Waals surface area contributed by atoms with Crippen LogP contribution in [0.1, 0.15) is 16.9 Å². The number of esters is 1. The number of benzene rings is 1. The van der Waals surface area contributed by atoms with Crippen LogP contribution in [0.15, 0.2) is 48.2 Å². The number of hydrogen-bond acceptors (Lipinski definition) is 6. The van der Waals surface area contributed by atoms with Crippen LogP contribution in [-0.2, 0) is 14.3 Å². The number of methoxy groups -OCH3 is 1. The van der Waals surface area contributed by atoms with Crippen LogP contribution >= 0.6 is 0 Å². The van der Waals surface area contributed by atoms with Gasteiger partial charge in [0.1, 0.15) is 12.2 Å². The summed E-state index contributed by atoms with van der Waals surface area (Å²) >= 11 is 0. The molecule has 8 nitrogen and oxygen atoms in total. The molecule has 3 N–H and O–H groups in total. The molecule has 0 aliphatic carbocycles. The van der Waals surface area contributed by atoms with Gasteiger partial charge < -0.3 is 20.7 Å². The van der Waals surface area contributed by atoms with E-state index < -0.39 is 11.9 Å². The maximum atomic E-state index is 12.9. The monoisotopic (exact) mass is 396 g/mol. The van der Waals surface area contributed by atoms with E-state index in [-0.39, 0.29) is 31.4 Å². The van der Waals surface area contributed by atoms with Gasteiger partial charge in [-0.1, -0.05) is 30.3 Å². The lowest BCUT2D eigenvalue weighted by Gasteiger charge is -2.24. The summed E-state index contributed by atoms with van der Waals surface area (Å²) in [7, 11) is 1.28. The van der Waals surface area contributed by atoms with E-state index in [1.165, 1.54) is 12.0 Å². The Balaban J connectivity index is 1.73. The predicted molar refractivity (Wildman–Crippen MR) is 108 cm³/mol. The molecule has 2 heterocycles. The first kappa shape index (κ1) is 20.5. The maximum Gasteiger partial charge on any atom is 0.325 e. The van der Waals surface area contributed by atoms with E-state index in [0.717, 1.165) is 16.3 Å². The molecule has 3 rings (SSSR count). The van der Waals surface area contributed by atoms with Gasteiger partial charge in [0.05, 0.1) is 13.0 Å². The van der Waals surface area contributed by atoms with Gasteiger partial charge in [-0.3, -0.25) is 19.4 Å². The van der Waals surface area contributed by atoms with Gasteiger partial charge in [0.25, 0.3) is 5.91 Å². The van der Waals surface area contributed by atoms with Gasteiger partial charge in [-0.15, -0.1) is 0 Å². The van der Waals surface area contributed by atoms with E-state index >= 15 is 0 Å². The zero-order valence-electron chi connectivity index (χ0n) is 16.3. The van der Waals surface area contributed by atoms with Crippen LogP contribution in [0, 0.1) is 5.92 Å². The first-order valence-electron chi connectivity index (χ1n) is 9.39. The SMILES string of the molecule is COC(=O)CN1CC(CN)=CCC(CNC(=O)c2nccc3ccccc23)C1=O. The van der Waals surface area contributed by atoms with Gasteiger partial charge in [0.15, 0.2) is 0 Å². The number of amides is 2. The van der Waals surface area contributed by atoms with E-state index in [1.807, 2.05) is 36.4 Å². The third-order valence-corrected chi connectivity index (χ3v) is 4.95. The minimum atomic E-state index is -0.501. The molecular formula is C21H24N4O4. The number of pyridine rings is 1. The van der Waals surface area contributed by atoms with Crippen LogP contribution in [0.5, 0.6) is 0 Å². The van der Waals surface area contributed by atoms with E-state index in [0.29, 0.717) is 18.7 Å². The summed E-state index contributed by atoms with van der Waals surface area (Å²) in [5, 5.41) is 4.48. The number of nitrogens with two attached hydrogens (primary N) is 1. The number of ether oxygens (including phenoxy) is 1. The Morgan fingerprint density at radius 3 is 2.86 bits per heavy atom. The number of rotatable bonds is 6. The summed E-state index contributed by atoms with van der Waals surface area (Å²) < 4.78 is 4.68. The lowest BCUT2D eigenvalue weighted by molar-refractivity contribution is -0.148. The zero-order valence-corrected chi connectivity index (χ0v) is 16.3. The fourth-order valence-corrected chi connectivity index (χ4v) is 3.33. The fourth-order valence-electron chi connectivity index (χ4n) is 3.33. The number of hydrogen-bond donors (Lipinski definition) is 2. The lowest BCUT2D eigenvalue weighted by atomic mass is 10.0. The molecule has 1 aromatic heterocycles. The smallest absolute Gasteiger partial charge is 0.325 e. The largest absolute Gasteiger partial charge is 0.468 e. The third-order valence-electron chi connectivity index (χ3n) is 4.95. The minimum absolute atomic E-state index is 0.134. The molecule has 1 atom stereocenters. The standard InChI is InChI=1S/C21H24N4O4/c1-29-18(26)13-25-12-14(10-22)6-7-16(21(25)28)11-24-20(27)19-17-5-3-2-4-15(17)8-9-23-19/h2-6,8-9,16H,7,10-13,22H2,1H3,(H,24,27). The van der Waals surface area contributed by atoms with E-state index in [4.69, 9.17) is 5.73 Å². The molecule has 1 aliphatic heterocycles. The first-order valence-corrected chi connectivity index (χ1v) is 9.39. The van der Waals surface area contributed by atoms with Crippen molar-refractivity contribution in [2.24, 2.45) is 11.7 Å². The number of carbonyl (C=O) groups excluding carboxylic acids is 3.